The standard InChI is InChI=1S/C12H9Cl2FS/c13-9-3-1-4-11(15)8(9)7-10(14)12-5-2-6-16-12/h1-6,10H,7H2. The highest BCUT2D eigenvalue weighted by atomic mass is 35.5. The van der Waals surface area contributed by atoms with Crippen molar-refractivity contribution in [3.63, 3.8) is 0 Å². The van der Waals surface area contributed by atoms with Crippen LogP contribution in [-0.4, -0.2) is 0 Å². The SMILES string of the molecule is Fc1cccc(Cl)c1CC(Cl)c1cccs1. The molecule has 0 spiro atoms. The van der Waals surface area contributed by atoms with Crippen molar-refractivity contribution in [3.8, 4) is 0 Å². The van der Waals surface area contributed by atoms with Crippen LogP contribution in [0.15, 0.2) is 35.7 Å². The minimum atomic E-state index is -0.297. The van der Waals surface area contributed by atoms with Gasteiger partial charge in [-0.1, -0.05) is 23.7 Å². The Morgan fingerprint density at radius 2 is 2.06 bits per heavy atom. The summed E-state index contributed by atoms with van der Waals surface area (Å²) in [5.41, 5.74) is 0.484. The Labute approximate surface area is 108 Å². The maximum Gasteiger partial charge on any atom is 0.127 e. The molecule has 0 fully saturated rings. The summed E-state index contributed by atoms with van der Waals surface area (Å²) in [5, 5.41) is 2.16. The van der Waals surface area contributed by atoms with E-state index in [1.165, 1.54) is 6.07 Å². The summed E-state index contributed by atoms with van der Waals surface area (Å²) in [4.78, 5) is 1.03. The second kappa shape index (κ2) is 5.17. The number of halogens is 3. The van der Waals surface area contributed by atoms with Crippen LogP contribution in [0.2, 0.25) is 5.02 Å². The number of alkyl halides is 1. The molecule has 84 valence electrons. The predicted octanol–water partition coefficient (Wildman–Crippen LogP) is 5.06. The largest absolute Gasteiger partial charge is 0.207 e. The highest BCUT2D eigenvalue weighted by Crippen LogP contribution is 2.31. The lowest BCUT2D eigenvalue weighted by Crippen LogP contribution is -1.97. The minimum Gasteiger partial charge on any atom is -0.207 e. The molecule has 0 nitrogen and oxygen atoms in total. The molecule has 0 radical (unpaired) electrons. The molecule has 2 aromatic rings. The van der Waals surface area contributed by atoms with Gasteiger partial charge in [-0.2, -0.15) is 0 Å². The van der Waals surface area contributed by atoms with Crippen molar-refractivity contribution < 1.29 is 4.39 Å². The molecular formula is C12H9Cl2FS. The minimum absolute atomic E-state index is 0.227. The highest BCUT2D eigenvalue weighted by Gasteiger charge is 2.15. The van der Waals surface area contributed by atoms with Gasteiger partial charge in [-0.3, -0.25) is 0 Å². The van der Waals surface area contributed by atoms with E-state index < -0.39 is 0 Å². The fourth-order valence-corrected chi connectivity index (χ4v) is 2.80. The van der Waals surface area contributed by atoms with Gasteiger partial charge in [0.2, 0.25) is 0 Å². The van der Waals surface area contributed by atoms with E-state index in [0.29, 0.717) is 17.0 Å². The molecular weight excluding hydrogens is 266 g/mol. The summed E-state index contributed by atoms with van der Waals surface area (Å²) < 4.78 is 13.5. The van der Waals surface area contributed by atoms with Crippen LogP contribution in [0.3, 0.4) is 0 Å². The second-order valence-electron chi connectivity index (χ2n) is 3.39. The quantitative estimate of drug-likeness (QED) is 0.686. The van der Waals surface area contributed by atoms with Gasteiger partial charge >= 0.3 is 0 Å². The van der Waals surface area contributed by atoms with Gasteiger partial charge in [0.05, 0.1) is 5.38 Å². The summed E-state index contributed by atoms with van der Waals surface area (Å²) in [7, 11) is 0. The zero-order chi connectivity index (χ0) is 11.5. The zero-order valence-electron chi connectivity index (χ0n) is 8.29. The predicted molar refractivity (Wildman–Crippen MR) is 68.0 cm³/mol. The molecule has 1 aromatic heterocycles. The third-order valence-corrected chi connectivity index (χ3v) is 4.16. The van der Waals surface area contributed by atoms with Crippen molar-refractivity contribution in [1.82, 2.24) is 0 Å². The van der Waals surface area contributed by atoms with Gasteiger partial charge in [0.15, 0.2) is 0 Å². The zero-order valence-corrected chi connectivity index (χ0v) is 10.6. The van der Waals surface area contributed by atoms with Crippen LogP contribution >= 0.6 is 34.5 Å². The van der Waals surface area contributed by atoms with Crippen LogP contribution in [-0.2, 0) is 6.42 Å². The Bertz CT molecular complexity index is 448. The molecule has 1 unspecified atom stereocenters. The van der Waals surface area contributed by atoms with Gasteiger partial charge in [0.1, 0.15) is 5.82 Å². The third kappa shape index (κ3) is 2.57. The van der Waals surface area contributed by atoms with Gasteiger partial charge in [-0.25, -0.2) is 4.39 Å². The van der Waals surface area contributed by atoms with Gasteiger partial charge in [-0.05, 0) is 30.0 Å². The van der Waals surface area contributed by atoms with Crippen molar-refractivity contribution in [2.24, 2.45) is 0 Å². The number of hydrogen-bond donors (Lipinski definition) is 0. The van der Waals surface area contributed by atoms with E-state index in [9.17, 15) is 4.39 Å². The smallest absolute Gasteiger partial charge is 0.127 e. The lowest BCUT2D eigenvalue weighted by molar-refractivity contribution is 0.608. The first kappa shape index (κ1) is 11.9. The number of thiophene rings is 1. The van der Waals surface area contributed by atoms with Gasteiger partial charge < -0.3 is 0 Å². The molecule has 16 heavy (non-hydrogen) atoms. The maximum absolute atomic E-state index is 13.5. The summed E-state index contributed by atoms with van der Waals surface area (Å²) in [6, 6.07) is 8.54. The average molecular weight is 275 g/mol. The molecule has 0 saturated heterocycles. The Morgan fingerprint density at radius 3 is 2.69 bits per heavy atom. The number of hydrogen-bond acceptors (Lipinski definition) is 1. The second-order valence-corrected chi connectivity index (χ2v) is 5.30. The average Bonchev–Trinajstić information content (AvgIpc) is 2.76. The molecule has 0 aliphatic heterocycles. The Kier molecular flexibility index (Phi) is 3.85. The molecule has 1 atom stereocenters. The summed E-state index contributed by atoms with van der Waals surface area (Å²) in [6.45, 7) is 0. The molecule has 0 aliphatic rings. The summed E-state index contributed by atoms with van der Waals surface area (Å²) in [5.74, 6) is -0.297. The maximum atomic E-state index is 13.5. The van der Waals surface area contributed by atoms with Crippen molar-refractivity contribution >= 4 is 34.5 Å². The van der Waals surface area contributed by atoms with Crippen LogP contribution in [0.4, 0.5) is 4.39 Å². The van der Waals surface area contributed by atoms with Gasteiger partial charge in [-0.15, -0.1) is 22.9 Å². The third-order valence-electron chi connectivity index (χ3n) is 2.30. The van der Waals surface area contributed by atoms with Crippen LogP contribution in [0.1, 0.15) is 15.8 Å². The summed E-state index contributed by atoms with van der Waals surface area (Å²) in [6.07, 6.45) is 0.410. The van der Waals surface area contributed by atoms with Crippen molar-refractivity contribution in [2.45, 2.75) is 11.8 Å². The van der Waals surface area contributed by atoms with E-state index in [1.54, 1.807) is 23.5 Å². The van der Waals surface area contributed by atoms with Gasteiger partial charge in [0.25, 0.3) is 0 Å². The fraction of sp³-hybridized carbons (Fsp3) is 0.167. The van der Waals surface area contributed by atoms with Crippen LogP contribution in [0.25, 0.3) is 0 Å². The van der Waals surface area contributed by atoms with Gasteiger partial charge in [0, 0.05) is 15.5 Å². The van der Waals surface area contributed by atoms with Crippen molar-refractivity contribution in [1.29, 1.82) is 0 Å². The number of rotatable bonds is 3. The van der Waals surface area contributed by atoms with Crippen LogP contribution in [0.5, 0.6) is 0 Å². The molecule has 1 heterocycles. The first-order valence-electron chi connectivity index (χ1n) is 4.79. The fourth-order valence-electron chi connectivity index (χ4n) is 1.48. The van der Waals surface area contributed by atoms with Crippen LogP contribution in [0, 0.1) is 5.82 Å². The molecule has 0 bridgehead atoms. The topological polar surface area (TPSA) is 0 Å². The first-order chi connectivity index (χ1) is 7.68. The Morgan fingerprint density at radius 1 is 1.25 bits per heavy atom. The highest BCUT2D eigenvalue weighted by molar-refractivity contribution is 7.10. The molecule has 0 saturated carbocycles. The van der Waals surface area contributed by atoms with E-state index in [0.717, 1.165) is 4.88 Å². The van der Waals surface area contributed by atoms with E-state index >= 15 is 0 Å². The van der Waals surface area contributed by atoms with E-state index in [-0.39, 0.29) is 11.2 Å². The lowest BCUT2D eigenvalue weighted by atomic mass is 10.1. The molecule has 4 heteroatoms. The van der Waals surface area contributed by atoms with E-state index in [4.69, 9.17) is 23.2 Å². The Hall–Kier alpha value is -0.570. The molecule has 2 rings (SSSR count). The van der Waals surface area contributed by atoms with Crippen LogP contribution < -0.4 is 0 Å². The molecule has 0 N–H and O–H groups in total. The first-order valence-corrected chi connectivity index (χ1v) is 6.48. The van der Waals surface area contributed by atoms with Crippen molar-refractivity contribution in [2.75, 3.05) is 0 Å². The number of benzene rings is 1. The van der Waals surface area contributed by atoms with E-state index in [2.05, 4.69) is 0 Å². The lowest BCUT2D eigenvalue weighted by Gasteiger charge is -2.09. The molecule has 1 aromatic carbocycles. The normalized spacial score (nSPS) is 12.7. The molecule has 0 amide bonds. The van der Waals surface area contributed by atoms with Crippen molar-refractivity contribution in [3.05, 3.63) is 57.0 Å². The van der Waals surface area contributed by atoms with E-state index in [1.807, 2.05) is 17.5 Å². The summed E-state index contributed by atoms with van der Waals surface area (Å²) >= 11 is 13.7. The Balaban J connectivity index is 2.21. The molecule has 0 aliphatic carbocycles. The monoisotopic (exact) mass is 274 g/mol.